The minimum absolute atomic E-state index is 0.236. The van der Waals surface area contributed by atoms with Crippen LogP contribution in [0, 0.1) is 6.92 Å². The number of fused-ring (bicyclic) bond motifs is 5. The van der Waals surface area contributed by atoms with Crippen molar-refractivity contribution in [2.24, 2.45) is 0 Å². The minimum atomic E-state index is -1.28. The Labute approximate surface area is 141 Å². The Hall–Kier alpha value is -2.32. The molecular weight excluding hydrogens is 328 g/mol. The molecule has 0 aliphatic carbocycles. The highest BCUT2D eigenvalue weighted by Gasteiger charge is 2.31. The average Bonchev–Trinajstić information content (AvgIpc) is 3.05. The third kappa shape index (κ3) is 2.38. The summed E-state index contributed by atoms with van der Waals surface area (Å²) < 4.78 is 7.55. The molecule has 4 heterocycles. The van der Waals surface area contributed by atoms with E-state index in [0.717, 1.165) is 22.7 Å². The summed E-state index contributed by atoms with van der Waals surface area (Å²) in [5.74, 6) is -0.250. The first kappa shape index (κ1) is 15.2. The zero-order valence-electron chi connectivity index (χ0n) is 13.5. The molecule has 0 radical (unpaired) electrons. The molecular formula is C16H15N4O3S-. The zero-order chi connectivity index (χ0) is 17.1. The van der Waals surface area contributed by atoms with Crippen LogP contribution in [-0.4, -0.2) is 31.2 Å². The van der Waals surface area contributed by atoms with E-state index < -0.39 is 5.97 Å². The Morgan fingerprint density at radius 1 is 1.42 bits per heavy atom. The summed E-state index contributed by atoms with van der Waals surface area (Å²) in [6, 6.07) is 0. The van der Waals surface area contributed by atoms with Crippen molar-refractivity contribution >= 4 is 39.2 Å². The van der Waals surface area contributed by atoms with Crippen LogP contribution in [0.1, 0.15) is 35.9 Å². The number of aryl methyl sites for hydroxylation is 1. The standard InChI is InChI=1S/C16H16N4O3S/c1-8-17-15-13(9-6-16(2,3)23-7-10(9)24-15)14-18-11(19-20(8)14)4-5-12(21)22/h4-5H,6-7H2,1-3H3,(H,21,22)/p-1. The van der Waals surface area contributed by atoms with Crippen LogP contribution in [-0.2, 0) is 22.6 Å². The highest BCUT2D eigenvalue weighted by Crippen LogP contribution is 2.39. The Bertz CT molecular complexity index is 1020. The summed E-state index contributed by atoms with van der Waals surface area (Å²) in [6.45, 7) is 6.55. The number of carbonyl (C=O) groups is 1. The Morgan fingerprint density at radius 3 is 2.96 bits per heavy atom. The predicted molar refractivity (Wildman–Crippen MR) is 87.5 cm³/mol. The number of thiophene rings is 1. The van der Waals surface area contributed by atoms with Crippen LogP contribution in [0.5, 0.6) is 0 Å². The van der Waals surface area contributed by atoms with Gasteiger partial charge in [-0.05, 0) is 38.5 Å². The largest absolute Gasteiger partial charge is 0.545 e. The Morgan fingerprint density at radius 2 is 2.21 bits per heavy atom. The molecule has 3 aromatic heterocycles. The van der Waals surface area contributed by atoms with Gasteiger partial charge < -0.3 is 14.6 Å². The number of nitrogens with zero attached hydrogens (tertiary/aromatic N) is 4. The summed E-state index contributed by atoms with van der Waals surface area (Å²) in [5.41, 5.74) is 1.66. The minimum Gasteiger partial charge on any atom is -0.545 e. The molecule has 0 amide bonds. The van der Waals surface area contributed by atoms with E-state index in [2.05, 4.69) is 28.9 Å². The number of hydrogen-bond acceptors (Lipinski definition) is 7. The molecule has 3 aromatic rings. The molecule has 0 saturated carbocycles. The van der Waals surface area contributed by atoms with Crippen molar-refractivity contribution in [3.63, 3.8) is 0 Å². The lowest BCUT2D eigenvalue weighted by molar-refractivity contribution is -0.297. The Kier molecular flexibility index (Phi) is 3.23. The van der Waals surface area contributed by atoms with E-state index in [4.69, 9.17) is 4.74 Å². The molecule has 7 nitrogen and oxygen atoms in total. The summed E-state index contributed by atoms with van der Waals surface area (Å²) >= 11 is 1.62. The molecule has 1 aliphatic rings. The number of carbonyl (C=O) groups excluding carboxylic acids is 1. The molecule has 0 aromatic carbocycles. The summed E-state index contributed by atoms with van der Waals surface area (Å²) in [6.07, 6.45) is 3.04. The number of aliphatic carboxylic acids is 1. The number of carboxylic acid groups (broad SMARTS) is 1. The molecule has 0 fully saturated rings. The molecule has 0 saturated heterocycles. The van der Waals surface area contributed by atoms with Gasteiger partial charge in [-0.15, -0.1) is 16.4 Å². The van der Waals surface area contributed by atoms with E-state index >= 15 is 0 Å². The van der Waals surface area contributed by atoms with Gasteiger partial charge in [-0.3, -0.25) is 0 Å². The number of ether oxygens (including phenoxy) is 1. The molecule has 124 valence electrons. The number of aromatic nitrogens is 4. The van der Waals surface area contributed by atoms with Gasteiger partial charge in [-0.25, -0.2) is 9.97 Å². The highest BCUT2D eigenvalue weighted by atomic mass is 32.1. The van der Waals surface area contributed by atoms with Crippen LogP contribution < -0.4 is 5.11 Å². The van der Waals surface area contributed by atoms with Gasteiger partial charge in [0, 0.05) is 11.3 Å². The molecule has 0 N–H and O–H groups in total. The fourth-order valence-corrected chi connectivity index (χ4v) is 4.11. The molecule has 0 bridgehead atoms. The predicted octanol–water partition coefficient (Wildman–Crippen LogP) is 1.26. The van der Waals surface area contributed by atoms with Crippen LogP contribution in [0.15, 0.2) is 6.08 Å². The van der Waals surface area contributed by atoms with Crippen molar-refractivity contribution < 1.29 is 14.6 Å². The van der Waals surface area contributed by atoms with E-state index in [1.54, 1.807) is 15.9 Å². The molecule has 1 aliphatic heterocycles. The second-order valence-corrected chi connectivity index (χ2v) is 7.51. The van der Waals surface area contributed by atoms with Gasteiger partial charge in [0.25, 0.3) is 0 Å². The topological polar surface area (TPSA) is 92.4 Å². The lowest BCUT2D eigenvalue weighted by atomic mass is 9.94. The average molecular weight is 343 g/mol. The van der Waals surface area contributed by atoms with Crippen molar-refractivity contribution in [3.05, 3.63) is 28.2 Å². The number of rotatable bonds is 2. The monoisotopic (exact) mass is 343 g/mol. The van der Waals surface area contributed by atoms with E-state index in [0.29, 0.717) is 23.9 Å². The molecule has 8 heteroatoms. The molecule has 0 spiro atoms. The number of hydrogen-bond donors (Lipinski definition) is 0. The van der Waals surface area contributed by atoms with Gasteiger partial charge in [-0.1, -0.05) is 0 Å². The maximum absolute atomic E-state index is 10.6. The van der Waals surface area contributed by atoms with E-state index in [1.165, 1.54) is 16.5 Å². The maximum atomic E-state index is 10.6. The van der Waals surface area contributed by atoms with Crippen LogP contribution >= 0.6 is 11.3 Å². The normalized spacial score (nSPS) is 17.0. The fraction of sp³-hybridized carbons (Fsp3) is 0.375. The van der Waals surface area contributed by atoms with Gasteiger partial charge >= 0.3 is 0 Å². The maximum Gasteiger partial charge on any atom is 0.175 e. The van der Waals surface area contributed by atoms with Gasteiger partial charge in [0.05, 0.1) is 23.6 Å². The van der Waals surface area contributed by atoms with Crippen molar-refractivity contribution in [1.29, 1.82) is 0 Å². The van der Waals surface area contributed by atoms with Crippen LogP contribution in [0.3, 0.4) is 0 Å². The summed E-state index contributed by atoms with van der Waals surface area (Å²) in [7, 11) is 0. The lowest BCUT2D eigenvalue weighted by Gasteiger charge is -2.30. The summed E-state index contributed by atoms with van der Waals surface area (Å²) in [4.78, 5) is 21.8. The van der Waals surface area contributed by atoms with Gasteiger partial charge in [0.1, 0.15) is 10.7 Å². The van der Waals surface area contributed by atoms with Crippen LogP contribution in [0.25, 0.3) is 21.9 Å². The van der Waals surface area contributed by atoms with Crippen molar-refractivity contribution in [3.8, 4) is 0 Å². The first-order valence-corrected chi connectivity index (χ1v) is 8.36. The molecule has 0 atom stereocenters. The third-order valence-corrected chi connectivity index (χ3v) is 5.15. The van der Waals surface area contributed by atoms with Gasteiger partial charge in [0.2, 0.25) is 0 Å². The smallest absolute Gasteiger partial charge is 0.175 e. The van der Waals surface area contributed by atoms with Crippen LogP contribution in [0.2, 0.25) is 0 Å². The quantitative estimate of drug-likeness (QED) is 0.651. The SMILES string of the molecule is Cc1nc2sc3c(c2c2nc(C=CC(=O)[O-])nn12)CC(C)(C)OC3. The first-order chi connectivity index (χ1) is 11.3. The van der Waals surface area contributed by atoms with E-state index in [-0.39, 0.29) is 5.60 Å². The van der Waals surface area contributed by atoms with E-state index in [1.807, 2.05) is 6.92 Å². The fourth-order valence-electron chi connectivity index (χ4n) is 2.97. The summed E-state index contributed by atoms with van der Waals surface area (Å²) in [5, 5.41) is 15.9. The van der Waals surface area contributed by atoms with Crippen LogP contribution in [0.4, 0.5) is 0 Å². The van der Waals surface area contributed by atoms with Crippen molar-refractivity contribution in [2.45, 2.75) is 39.4 Å². The Balaban J connectivity index is 1.99. The van der Waals surface area contributed by atoms with Gasteiger partial charge in [-0.2, -0.15) is 4.52 Å². The van der Waals surface area contributed by atoms with Crippen molar-refractivity contribution in [1.82, 2.24) is 19.6 Å². The highest BCUT2D eigenvalue weighted by molar-refractivity contribution is 7.19. The first-order valence-electron chi connectivity index (χ1n) is 7.55. The van der Waals surface area contributed by atoms with Crippen molar-refractivity contribution in [2.75, 3.05) is 0 Å². The molecule has 24 heavy (non-hydrogen) atoms. The zero-order valence-corrected chi connectivity index (χ0v) is 14.3. The molecule has 0 unspecified atom stereocenters. The molecule has 4 rings (SSSR count). The van der Waals surface area contributed by atoms with Gasteiger partial charge in [0.15, 0.2) is 11.5 Å². The number of carboxylic acids is 1. The van der Waals surface area contributed by atoms with E-state index in [9.17, 15) is 9.90 Å². The second-order valence-electron chi connectivity index (χ2n) is 6.43. The second kappa shape index (κ2) is 5.09. The lowest BCUT2D eigenvalue weighted by Crippen LogP contribution is -2.31. The third-order valence-electron chi connectivity index (χ3n) is 4.05.